The molecule has 1 aliphatic rings. The number of carbonyl (C=O) groups is 4. The first-order chi connectivity index (χ1) is 22.1. The van der Waals surface area contributed by atoms with Crippen LogP contribution < -0.4 is 38.7 Å². The van der Waals surface area contributed by atoms with Crippen molar-refractivity contribution in [2.24, 2.45) is 5.73 Å². The molecule has 1 aliphatic heterocycles. The van der Waals surface area contributed by atoms with E-state index in [4.69, 9.17) is 24.7 Å². The van der Waals surface area contributed by atoms with Crippen LogP contribution in [0.2, 0.25) is 0 Å². The van der Waals surface area contributed by atoms with E-state index in [-0.39, 0.29) is 86.0 Å². The third-order valence-corrected chi connectivity index (χ3v) is 4.43. The molecule has 54 heavy (non-hydrogen) atoms. The Hall–Kier alpha value is -1.44. The number of amides is 3. The number of halogens is 4. The zero-order valence-corrected chi connectivity index (χ0v) is 39.9. The van der Waals surface area contributed by atoms with E-state index in [2.05, 4.69) is 20.7 Å². The van der Waals surface area contributed by atoms with Crippen molar-refractivity contribution >= 4 is 59.7 Å². The Bertz CT molecular complexity index is 911. The fraction of sp³-hybridized carbons (Fsp3) is 0.857. The normalized spacial score (nSPS) is 12.1. The fourth-order valence-electron chi connectivity index (χ4n) is 2.24. The maximum Gasteiger partial charge on any atom is 2.00 e. The van der Waals surface area contributed by atoms with Crippen molar-refractivity contribution < 1.29 is 73.7 Å². The number of alkyl halides is 2. The van der Waals surface area contributed by atoms with Crippen molar-refractivity contribution in [2.75, 3.05) is 46.5 Å². The van der Waals surface area contributed by atoms with Gasteiger partial charge in [-0.2, -0.15) is 0 Å². The minimum absolute atomic E-state index is 0. The van der Waals surface area contributed by atoms with Crippen molar-refractivity contribution in [1.29, 1.82) is 0 Å². The van der Waals surface area contributed by atoms with E-state index in [1.165, 1.54) is 47.6 Å². The molecule has 1 fully saturated rings. The Morgan fingerprint density at radius 1 is 0.667 bits per heavy atom. The summed E-state index contributed by atoms with van der Waals surface area (Å²) < 4.78 is 48.9. The summed E-state index contributed by atoms with van der Waals surface area (Å²) in [7, 11) is 1.25. The Morgan fingerprint density at radius 2 is 0.963 bits per heavy atom. The van der Waals surface area contributed by atoms with Crippen LogP contribution in [0.1, 0.15) is 117 Å². The maximum absolute atomic E-state index is 12.9. The van der Waals surface area contributed by atoms with Gasteiger partial charge < -0.3 is 74.9 Å². The molecule has 1 rings (SSSR count). The summed E-state index contributed by atoms with van der Waals surface area (Å²) in [5.74, 6) is -0.508. The number of hydrogen-bond donors (Lipinski definition) is 5. The van der Waals surface area contributed by atoms with Gasteiger partial charge in [-0.25, -0.2) is 23.2 Å². The largest absolute Gasteiger partial charge is 2.00 e. The zero-order chi connectivity index (χ0) is 40.6. The van der Waals surface area contributed by atoms with Gasteiger partial charge >= 0.3 is 47.3 Å². The van der Waals surface area contributed by atoms with E-state index in [9.17, 15) is 33.1 Å². The predicted octanol–water partition coefficient (Wildman–Crippen LogP) is 3.21. The molecule has 0 saturated carbocycles. The minimum atomic E-state index is -1.41. The maximum atomic E-state index is 12.9. The number of esters is 1. The van der Waals surface area contributed by atoms with Gasteiger partial charge in [0.05, 0.1) is 19.3 Å². The summed E-state index contributed by atoms with van der Waals surface area (Å²) in [5.41, 5.74) is -0.151. The third-order valence-electron chi connectivity index (χ3n) is 4.43. The zero-order valence-electron chi connectivity index (χ0n) is 36.1. The molecular formula is C35H74BrClF2MgN4O10. The van der Waals surface area contributed by atoms with E-state index in [1.54, 1.807) is 76.2 Å². The molecule has 19 heteroatoms. The molecule has 3 amide bonds. The second-order valence-corrected chi connectivity index (χ2v) is 15.9. The molecule has 0 spiro atoms. The average molecular weight is 889 g/mol. The molecule has 0 unspecified atom stereocenters. The summed E-state index contributed by atoms with van der Waals surface area (Å²) in [4.78, 5) is 43.6. The van der Waals surface area contributed by atoms with E-state index in [0.29, 0.717) is 0 Å². The summed E-state index contributed by atoms with van der Waals surface area (Å²) in [6, 6.07) is 0. The molecule has 14 nitrogen and oxygen atoms in total. The number of rotatable bonds is 7. The number of hydrogen-bond acceptors (Lipinski definition) is 11. The minimum Gasteiger partial charge on any atom is -1.00 e. The molecular weight excluding hydrogens is 814 g/mol. The number of aliphatic hydroxyl groups is 1. The molecule has 0 aromatic heterocycles. The van der Waals surface area contributed by atoms with Gasteiger partial charge in [-0.05, 0) is 117 Å². The topological polar surface area (TPSA) is 197 Å². The Kier molecular flexibility index (Phi) is 43.9. The molecule has 6 N–H and O–H groups in total. The standard InChI is InChI=1S/C9H18FNO2.C9H19NO3.C8H15NO4.C4H10FN.C4H8O.CH3.BrH.ClH.Mg/c1-8(2,3)13-7(12)11-6-9(4,5)10;1-8(2,3)13-7(11)10-6-9(4,5)12;1-8(2,3)13-7(11)9-5-6(10)12-4;1-4(2,5)3-6;1-2-4-5-3-1;;;;/h6H2,1-5H3,(H,11,12);12H,6H2,1-5H3,(H,10,11);5H2,1-4H3,(H,9,11);3,6H2,1-2H3;1-4H2;1H3;2*1H;/q;;;;;-1;;;+2/p-1. The van der Waals surface area contributed by atoms with Gasteiger partial charge in [0.2, 0.25) is 0 Å². The Morgan fingerprint density at radius 3 is 1.17 bits per heavy atom. The molecule has 0 aromatic rings. The summed E-state index contributed by atoms with van der Waals surface area (Å²) in [5, 5.41) is 16.4. The molecule has 324 valence electrons. The molecule has 0 aromatic carbocycles. The number of alkyl carbamates (subject to hydrolysis) is 3. The molecule has 1 heterocycles. The first-order valence-electron chi connectivity index (χ1n) is 16.5. The molecule has 0 atom stereocenters. The summed E-state index contributed by atoms with van der Waals surface area (Å²) in [6.07, 6.45) is 0.839. The molecule has 1 saturated heterocycles. The van der Waals surface area contributed by atoms with Crippen LogP contribution in [0.3, 0.4) is 0 Å². The number of nitrogens with two attached hydrogens (primary N) is 1. The van der Waals surface area contributed by atoms with Crippen molar-refractivity contribution in [1.82, 2.24) is 16.0 Å². The number of ether oxygens (including phenoxy) is 5. The molecule has 0 aliphatic carbocycles. The third kappa shape index (κ3) is 75.5. The van der Waals surface area contributed by atoms with Crippen LogP contribution in [0.15, 0.2) is 0 Å². The number of methoxy groups -OCH3 is 1. The Balaban J connectivity index is -0.0000000831. The Labute approximate surface area is 357 Å². The second kappa shape index (κ2) is 33.7. The second-order valence-electron chi connectivity index (χ2n) is 15.9. The predicted molar refractivity (Wildman–Crippen MR) is 210 cm³/mol. The van der Waals surface area contributed by atoms with Crippen LogP contribution in [0.25, 0.3) is 0 Å². The molecule has 0 bridgehead atoms. The monoisotopic (exact) mass is 886 g/mol. The number of carbonyl (C=O) groups excluding carboxylic acids is 4. The average Bonchev–Trinajstić information content (AvgIpc) is 3.47. The number of nitrogens with one attached hydrogen (secondary N) is 3. The van der Waals surface area contributed by atoms with E-state index in [0.717, 1.165) is 13.2 Å². The van der Waals surface area contributed by atoms with Crippen LogP contribution in [0, 0.1) is 7.43 Å². The van der Waals surface area contributed by atoms with Gasteiger partial charge in [-0.1, -0.05) is 0 Å². The van der Waals surface area contributed by atoms with Crippen LogP contribution in [-0.2, 0) is 28.5 Å². The van der Waals surface area contributed by atoms with E-state index in [1.807, 2.05) is 0 Å². The summed E-state index contributed by atoms with van der Waals surface area (Å²) in [6.45, 7) is 26.9. The van der Waals surface area contributed by atoms with Crippen molar-refractivity contribution in [2.45, 2.75) is 150 Å². The van der Waals surface area contributed by atoms with E-state index < -0.39 is 58.0 Å². The van der Waals surface area contributed by atoms with Crippen LogP contribution >= 0.6 is 12.4 Å². The van der Waals surface area contributed by atoms with E-state index >= 15 is 0 Å². The SMILES string of the molecule is C1CCOC1.CC(C)(F)CN.CC(C)(F)CNC(=O)OC(C)(C)C.CC(C)(O)CNC(=O)OC(C)(C)C.COC(=O)CNC(=O)OC(C)(C)C.Cl.[Br-].[CH3-].[Mg+2]. The van der Waals surface area contributed by atoms with Crippen LogP contribution in [0.5, 0.6) is 0 Å². The quantitative estimate of drug-likeness (QED) is 0.109. The first-order valence-corrected chi connectivity index (χ1v) is 16.5. The van der Waals surface area contributed by atoms with Gasteiger partial charge in [-0.15, -0.1) is 12.4 Å². The molecule has 0 radical (unpaired) electrons. The van der Waals surface area contributed by atoms with Gasteiger partial charge in [0.25, 0.3) is 0 Å². The van der Waals surface area contributed by atoms with Crippen molar-refractivity contribution in [3.63, 3.8) is 0 Å². The summed E-state index contributed by atoms with van der Waals surface area (Å²) >= 11 is 0. The smallest absolute Gasteiger partial charge is 1.00 e. The van der Waals surface area contributed by atoms with Crippen LogP contribution in [0.4, 0.5) is 23.2 Å². The van der Waals surface area contributed by atoms with Gasteiger partial charge in [0.1, 0.15) is 34.7 Å². The van der Waals surface area contributed by atoms with Gasteiger partial charge in [-0.3, -0.25) is 4.79 Å². The van der Waals surface area contributed by atoms with Gasteiger partial charge in [0, 0.05) is 26.3 Å². The van der Waals surface area contributed by atoms with Crippen LogP contribution in [-0.4, -0.2) is 133 Å². The first kappa shape index (κ1) is 70.4. The van der Waals surface area contributed by atoms with Crippen molar-refractivity contribution in [3.05, 3.63) is 7.43 Å². The van der Waals surface area contributed by atoms with Crippen molar-refractivity contribution in [3.8, 4) is 0 Å². The van der Waals surface area contributed by atoms with Gasteiger partial charge in [0.15, 0.2) is 0 Å². The fourth-order valence-corrected chi connectivity index (χ4v) is 2.24.